The summed E-state index contributed by atoms with van der Waals surface area (Å²) in [6.07, 6.45) is 10.8. The number of carbonyl (C=O) groups excluding carboxylic acids is 1. The lowest BCUT2D eigenvalue weighted by Crippen LogP contribution is -2.53. The lowest BCUT2D eigenvalue weighted by Gasteiger charge is -2.55. The number of aryl methyl sites for hydroxylation is 1. The fourth-order valence-corrected chi connectivity index (χ4v) is 6.51. The molecule has 0 saturated heterocycles. The van der Waals surface area contributed by atoms with Crippen molar-refractivity contribution in [1.82, 2.24) is 5.32 Å². The molecule has 1 aromatic carbocycles. The minimum atomic E-state index is 0.136. The van der Waals surface area contributed by atoms with Crippen molar-refractivity contribution in [3.63, 3.8) is 0 Å². The molecule has 1 saturated carbocycles. The van der Waals surface area contributed by atoms with Crippen LogP contribution in [0.3, 0.4) is 0 Å². The number of carbonyl (C=O) groups is 1. The normalized spacial score (nSPS) is 29.2. The van der Waals surface area contributed by atoms with Gasteiger partial charge in [-0.25, -0.2) is 0 Å². The van der Waals surface area contributed by atoms with E-state index in [1.807, 2.05) is 0 Å². The molecule has 0 aliphatic heterocycles. The first-order valence-electron chi connectivity index (χ1n) is 12.6. The summed E-state index contributed by atoms with van der Waals surface area (Å²) < 4.78 is 0. The molecule has 4 atom stereocenters. The van der Waals surface area contributed by atoms with Crippen molar-refractivity contribution in [3.8, 4) is 0 Å². The predicted molar refractivity (Wildman–Crippen MR) is 128 cm³/mol. The van der Waals surface area contributed by atoms with E-state index in [1.54, 1.807) is 11.1 Å². The Labute approximate surface area is 185 Å². The number of amides is 1. The zero-order chi connectivity index (χ0) is 21.9. The third kappa shape index (κ3) is 4.63. The van der Waals surface area contributed by atoms with Gasteiger partial charge in [-0.15, -0.1) is 0 Å². The highest BCUT2D eigenvalue weighted by molar-refractivity contribution is 5.78. The van der Waals surface area contributed by atoms with Gasteiger partial charge in [0, 0.05) is 12.5 Å². The molecule has 0 bridgehead atoms. The van der Waals surface area contributed by atoms with Crippen molar-refractivity contribution in [2.75, 3.05) is 6.54 Å². The quantitative estimate of drug-likeness (QED) is 0.452. The minimum Gasteiger partial charge on any atom is -0.355 e. The second-order valence-corrected chi connectivity index (χ2v) is 11.2. The van der Waals surface area contributed by atoms with Crippen LogP contribution in [-0.4, -0.2) is 12.5 Å². The first-order valence-corrected chi connectivity index (χ1v) is 12.6. The van der Waals surface area contributed by atoms with Gasteiger partial charge in [-0.05, 0) is 71.5 Å². The van der Waals surface area contributed by atoms with Gasteiger partial charge in [-0.1, -0.05) is 85.4 Å². The number of fused-ring (bicyclic) bond motifs is 3. The molecule has 1 fully saturated rings. The Bertz CT molecular complexity index is 738. The fraction of sp³-hybridized carbons (Fsp3) is 0.750. The summed E-state index contributed by atoms with van der Waals surface area (Å²) in [6, 6.07) is 7.28. The minimum absolute atomic E-state index is 0.136. The van der Waals surface area contributed by atoms with Crippen molar-refractivity contribution < 1.29 is 4.79 Å². The lowest BCUT2D eigenvalue weighted by atomic mass is 9.49. The molecule has 1 amide bonds. The molecule has 0 spiro atoms. The topological polar surface area (TPSA) is 29.1 Å². The Hall–Kier alpha value is -1.31. The van der Waals surface area contributed by atoms with Crippen LogP contribution in [0.2, 0.25) is 0 Å². The number of unbranched alkanes of at least 4 members (excludes halogenated alkanes) is 2. The summed E-state index contributed by atoms with van der Waals surface area (Å²) >= 11 is 0. The molecule has 0 radical (unpaired) electrons. The van der Waals surface area contributed by atoms with Gasteiger partial charge in [-0.3, -0.25) is 4.79 Å². The van der Waals surface area contributed by atoms with Crippen LogP contribution in [0, 0.1) is 17.3 Å². The number of benzene rings is 1. The van der Waals surface area contributed by atoms with Crippen LogP contribution in [0.1, 0.15) is 116 Å². The number of hydrogen-bond donors (Lipinski definition) is 1. The van der Waals surface area contributed by atoms with Gasteiger partial charge < -0.3 is 5.32 Å². The van der Waals surface area contributed by atoms with E-state index in [0.717, 1.165) is 19.4 Å². The largest absolute Gasteiger partial charge is 0.355 e. The highest BCUT2D eigenvalue weighted by atomic mass is 16.1. The molecule has 2 nitrogen and oxygen atoms in total. The Morgan fingerprint density at radius 2 is 1.93 bits per heavy atom. The molecule has 2 aliphatic rings. The van der Waals surface area contributed by atoms with Crippen LogP contribution in [0.4, 0.5) is 0 Å². The van der Waals surface area contributed by atoms with E-state index >= 15 is 0 Å². The summed E-state index contributed by atoms with van der Waals surface area (Å²) in [4.78, 5) is 12.8. The Kier molecular flexibility index (Phi) is 7.36. The molecule has 3 rings (SSSR count). The predicted octanol–water partition coefficient (Wildman–Crippen LogP) is 7.15. The molecular formula is C28H45NO. The van der Waals surface area contributed by atoms with Crippen molar-refractivity contribution in [3.05, 3.63) is 34.9 Å². The SMILES string of the molecule is CCCCCC(C)C(=O)NCC1(C)CCCC2(C)c3ccc(C(C)C)cc3CCC12. The maximum atomic E-state index is 12.8. The fourth-order valence-electron chi connectivity index (χ4n) is 6.51. The van der Waals surface area contributed by atoms with E-state index in [-0.39, 0.29) is 22.7 Å². The van der Waals surface area contributed by atoms with Gasteiger partial charge in [0.1, 0.15) is 0 Å². The van der Waals surface area contributed by atoms with Crippen LogP contribution in [-0.2, 0) is 16.6 Å². The van der Waals surface area contributed by atoms with Crippen LogP contribution in [0.25, 0.3) is 0 Å². The molecule has 30 heavy (non-hydrogen) atoms. The lowest BCUT2D eigenvalue weighted by molar-refractivity contribution is -0.125. The van der Waals surface area contributed by atoms with Crippen LogP contribution < -0.4 is 5.32 Å². The third-order valence-corrected chi connectivity index (χ3v) is 8.52. The monoisotopic (exact) mass is 411 g/mol. The highest BCUT2D eigenvalue weighted by Gasteiger charge is 2.51. The Morgan fingerprint density at radius 1 is 1.17 bits per heavy atom. The van der Waals surface area contributed by atoms with Gasteiger partial charge >= 0.3 is 0 Å². The molecule has 168 valence electrons. The maximum Gasteiger partial charge on any atom is 0.222 e. The standard InChI is InChI=1S/C28H45NO/c1-7-8-9-11-21(4)26(30)29-19-27(5)16-10-17-28(6)24-14-12-22(20(2)3)18-23(24)13-15-25(27)28/h12,14,18,20-21,25H,7-11,13,15-17,19H2,1-6H3,(H,29,30). The zero-order valence-corrected chi connectivity index (χ0v) is 20.4. The Morgan fingerprint density at radius 3 is 2.63 bits per heavy atom. The average molecular weight is 412 g/mol. The molecule has 4 unspecified atom stereocenters. The molecule has 1 N–H and O–H groups in total. The smallest absolute Gasteiger partial charge is 0.222 e. The van der Waals surface area contributed by atoms with Crippen molar-refractivity contribution >= 4 is 5.91 Å². The second kappa shape index (κ2) is 9.45. The molecule has 2 aliphatic carbocycles. The maximum absolute atomic E-state index is 12.8. The van der Waals surface area contributed by atoms with Crippen LogP contribution >= 0.6 is 0 Å². The molecular weight excluding hydrogens is 366 g/mol. The molecule has 1 aromatic rings. The first-order chi connectivity index (χ1) is 14.2. The summed E-state index contributed by atoms with van der Waals surface area (Å²) in [5, 5.41) is 3.38. The number of nitrogens with one attached hydrogen (secondary N) is 1. The first kappa shape index (κ1) is 23.4. The van der Waals surface area contributed by atoms with Crippen LogP contribution in [0.15, 0.2) is 18.2 Å². The summed E-state index contributed by atoms with van der Waals surface area (Å²) in [5.41, 5.74) is 5.08. The van der Waals surface area contributed by atoms with E-state index in [1.165, 1.54) is 50.5 Å². The van der Waals surface area contributed by atoms with E-state index in [2.05, 4.69) is 65.1 Å². The van der Waals surface area contributed by atoms with Gasteiger partial charge in [0.15, 0.2) is 0 Å². The second-order valence-electron chi connectivity index (χ2n) is 11.2. The van der Waals surface area contributed by atoms with Crippen molar-refractivity contribution in [2.24, 2.45) is 17.3 Å². The van der Waals surface area contributed by atoms with E-state index in [0.29, 0.717) is 11.8 Å². The molecule has 0 aromatic heterocycles. The molecule has 2 heteroatoms. The highest BCUT2D eigenvalue weighted by Crippen LogP contribution is 2.57. The molecule has 0 heterocycles. The summed E-state index contributed by atoms with van der Waals surface area (Å²) in [6.45, 7) is 14.7. The number of hydrogen-bond acceptors (Lipinski definition) is 1. The van der Waals surface area contributed by atoms with Gasteiger partial charge in [-0.2, -0.15) is 0 Å². The van der Waals surface area contributed by atoms with E-state index in [4.69, 9.17) is 0 Å². The summed E-state index contributed by atoms with van der Waals surface area (Å²) in [7, 11) is 0. The van der Waals surface area contributed by atoms with E-state index in [9.17, 15) is 4.79 Å². The van der Waals surface area contributed by atoms with Crippen molar-refractivity contribution in [1.29, 1.82) is 0 Å². The van der Waals surface area contributed by atoms with Crippen LogP contribution in [0.5, 0.6) is 0 Å². The van der Waals surface area contributed by atoms with Gasteiger partial charge in [0.2, 0.25) is 5.91 Å². The Balaban J connectivity index is 1.73. The number of rotatable bonds is 8. The van der Waals surface area contributed by atoms with E-state index < -0.39 is 0 Å². The average Bonchev–Trinajstić information content (AvgIpc) is 2.71. The van der Waals surface area contributed by atoms with Gasteiger partial charge in [0.05, 0.1) is 0 Å². The van der Waals surface area contributed by atoms with Crippen molar-refractivity contribution in [2.45, 2.75) is 111 Å². The zero-order valence-electron chi connectivity index (χ0n) is 20.4. The third-order valence-electron chi connectivity index (χ3n) is 8.52. The summed E-state index contributed by atoms with van der Waals surface area (Å²) in [5.74, 6) is 1.63. The van der Waals surface area contributed by atoms with Gasteiger partial charge in [0.25, 0.3) is 0 Å².